The van der Waals surface area contributed by atoms with Gasteiger partial charge in [-0.2, -0.15) is 0 Å². The summed E-state index contributed by atoms with van der Waals surface area (Å²) in [5.74, 6) is 0. The normalized spacial score (nSPS) is 8.75. The van der Waals surface area contributed by atoms with Crippen molar-refractivity contribution < 1.29 is 98.1 Å². The minimum atomic E-state index is -0.352. The molecule has 0 bridgehead atoms. The fourth-order valence-electron chi connectivity index (χ4n) is 0. The van der Waals surface area contributed by atoms with Gasteiger partial charge in [0.2, 0.25) is 0 Å². The molecular weight excluding hydrogens is 133 g/mol. The zero-order chi connectivity index (χ0) is 4.28. The predicted octanol–water partition coefficient (Wildman–Crippen LogP) is -8.10. The van der Waals surface area contributed by atoms with Crippen molar-refractivity contribution in [3.63, 3.8) is 0 Å². The molecule has 0 aromatic rings. The van der Waals surface area contributed by atoms with Gasteiger partial charge in [-0.25, -0.2) is 0 Å². The van der Waals surface area contributed by atoms with Crippen LogP contribution in [0.3, 0.4) is 0 Å². The van der Waals surface area contributed by atoms with Crippen LogP contribution in [0.1, 0.15) is 11.2 Å². The first-order valence-corrected chi connectivity index (χ1v) is 1.58. The summed E-state index contributed by atoms with van der Waals surface area (Å²) >= 11 is 0. The van der Waals surface area contributed by atoms with Gasteiger partial charge in [-0.15, -0.1) is 6.58 Å². The molecule has 0 fully saturated rings. The van der Waals surface area contributed by atoms with Gasteiger partial charge in [0.25, 0.3) is 0 Å². The minimum absolute atomic E-state index is 0. The van der Waals surface area contributed by atoms with Crippen molar-refractivity contribution in [1.82, 2.24) is 0 Å². The van der Waals surface area contributed by atoms with Crippen LogP contribution in [0.5, 0.6) is 0 Å². The molecule has 4 heteroatoms. The first-order valence-electron chi connectivity index (χ1n) is 1.58. The number of hydrogen-bond donors (Lipinski definition) is 1. The van der Waals surface area contributed by atoms with E-state index in [1.165, 1.54) is 6.08 Å². The van der Waals surface area contributed by atoms with E-state index in [2.05, 4.69) is 6.58 Å². The van der Waals surface area contributed by atoms with E-state index in [0.717, 1.165) is 0 Å². The second-order valence-corrected chi connectivity index (χ2v) is 0.976. The van der Waals surface area contributed by atoms with Crippen LogP contribution < -0.4 is 88.7 Å². The molecule has 8 heavy (non-hydrogen) atoms. The maximum absolute atomic E-state index is 8.24. The molecule has 36 valence electrons. The van der Waals surface area contributed by atoms with Crippen molar-refractivity contribution in [3.8, 4) is 0 Å². The third kappa shape index (κ3) is 23.4. The monoisotopic (exact) mass is 144 g/mol. The molecule has 0 aliphatic rings. The van der Waals surface area contributed by atoms with E-state index in [4.69, 9.17) is 5.11 Å². The number of hydrogen-bond acceptors (Lipinski definition) is 1. The Morgan fingerprint density at radius 1 is 1.50 bits per heavy atom. The third-order valence-corrected chi connectivity index (χ3v) is 0.341. The van der Waals surface area contributed by atoms with E-state index in [1.54, 1.807) is 6.92 Å². The van der Waals surface area contributed by atoms with Crippen molar-refractivity contribution in [2.75, 3.05) is 0 Å². The van der Waals surface area contributed by atoms with Gasteiger partial charge in [-0.05, 0) is 6.92 Å². The Labute approximate surface area is 122 Å². The molecule has 0 spiro atoms. The molecule has 0 aliphatic carbocycles. The maximum Gasteiger partial charge on any atom is 1.00 e. The molecule has 0 saturated heterocycles. The summed E-state index contributed by atoms with van der Waals surface area (Å²) in [6, 6.07) is 0. The average molecular weight is 144 g/mol. The summed E-state index contributed by atoms with van der Waals surface area (Å²) in [5.41, 5.74) is 0. The zero-order valence-corrected chi connectivity index (χ0v) is 12.3. The number of rotatable bonds is 1. The molecule has 0 heterocycles. The quantitative estimate of drug-likeness (QED) is 0.286. The molecule has 1 unspecified atom stereocenters. The van der Waals surface area contributed by atoms with Gasteiger partial charge >= 0.3 is 88.7 Å². The first-order chi connectivity index (χ1) is 2.27. The van der Waals surface area contributed by atoms with E-state index in [9.17, 15) is 0 Å². The molecule has 0 aliphatic heterocycles. The molecule has 0 rings (SSSR count). The molecule has 0 radical (unpaired) electrons. The van der Waals surface area contributed by atoms with Crippen LogP contribution in [0.15, 0.2) is 12.7 Å². The Morgan fingerprint density at radius 2 is 1.62 bits per heavy atom. The molecule has 1 atom stereocenters. The van der Waals surface area contributed by atoms with Crippen molar-refractivity contribution >= 4 is 0 Å². The fraction of sp³-hybridized carbons (Fsp3) is 0.500. The zero-order valence-electron chi connectivity index (χ0n) is 9.31. The second-order valence-electron chi connectivity index (χ2n) is 0.976. The second kappa shape index (κ2) is 16.4. The Balaban J connectivity index is -0.00000000533. The molecule has 1 N–H and O–H groups in total. The summed E-state index contributed by atoms with van der Waals surface area (Å²) in [6.45, 7) is 4.97. The molecule has 0 saturated carbocycles. The van der Waals surface area contributed by atoms with Crippen LogP contribution in [0, 0.1) is 0 Å². The van der Waals surface area contributed by atoms with Crippen LogP contribution in [0.25, 0.3) is 0 Å². The van der Waals surface area contributed by atoms with Crippen molar-refractivity contribution in [2.24, 2.45) is 0 Å². The first kappa shape index (κ1) is 22.4. The molecule has 0 amide bonds. The Bertz CT molecular complexity index is 47.6. The standard InChI is InChI=1S/C4H8O.3Na.3H/c1-3-4(2)5;;;;;;/h3-5H,1H2,2H3;;;;;;/q;3*+1;3*-1. The largest absolute Gasteiger partial charge is 1.00 e. The van der Waals surface area contributed by atoms with Crippen molar-refractivity contribution in [2.45, 2.75) is 13.0 Å². The van der Waals surface area contributed by atoms with Crippen molar-refractivity contribution in [1.29, 1.82) is 0 Å². The molecule has 0 aromatic carbocycles. The Kier molecular flexibility index (Phi) is 45.9. The van der Waals surface area contributed by atoms with Crippen LogP contribution >= 0.6 is 0 Å². The van der Waals surface area contributed by atoms with Gasteiger partial charge in [0.15, 0.2) is 0 Å². The number of aliphatic hydroxyl groups excluding tert-OH is 1. The van der Waals surface area contributed by atoms with Gasteiger partial charge in [-0.3, -0.25) is 0 Å². The van der Waals surface area contributed by atoms with Gasteiger partial charge in [0.1, 0.15) is 0 Å². The van der Waals surface area contributed by atoms with Crippen LogP contribution in [-0.2, 0) is 0 Å². The SMILES string of the molecule is C=CC(C)O.[H-].[H-].[H-].[Na+].[Na+].[Na+]. The fourth-order valence-corrected chi connectivity index (χ4v) is 0. The van der Waals surface area contributed by atoms with Gasteiger partial charge in [0.05, 0.1) is 6.10 Å². The summed E-state index contributed by atoms with van der Waals surface area (Å²) in [5, 5.41) is 8.24. The van der Waals surface area contributed by atoms with Gasteiger partial charge < -0.3 is 9.39 Å². The van der Waals surface area contributed by atoms with E-state index in [0.29, 0.717) is 0 Å². The van der Waals surface area contributed by atoms with E-state index >= 15 is 0 Å². The van der Waals surface area contributed by atoms with Crippen LogP contribution in [-0.4, -0.2) is 11.2 Å². The van der Waals surface area contributed by atoms with Gasteiger partial charge in [-0.1, -0.05) is 6.08 Å². The van der Waals surface area contributed by atoms with E-state index in [1.807, 2.05) is 0 Å². The summed E-state index contributed by atoms with van der Waals surface area (Å²) in [4.78, 5) is 0. The minimum Gasteiger partial charge on any atom is -1.00 e. The van der Waals surface area contributed by atoms with Crippen LogP contribution in [0.4, 0.5) is 0 Å². The average Bonchev–Trinajstić information content (AvgIpc) is 1.38. The van der Waals surface area contributed by atoms with E-state index in [-0.39, 0.29) is 99.1 Å². The third-order valence-electron chi connectivity index (χ3n) is 0.341. The topological polar surface area (TPSA) is 20.2 Å². The Morgan fingerprint density at radius 3 is 1.62 bits per heavy atom. The van der Waals surface area contributed by atoms with Crippen molar-refractivity contribution in [3.05, 3.63) is 12.7 Å². The maximum atomic E-state index is 8.24. The Hall–Kier alpha value is 2.70. The number of aliphatic hydroxyl groups is 1. The molecule has 0 aromatic heterocycles. The van der Waals surface area contributed by atoms with Gasteiger partial charge in [0, 0.05) is 0 Å². The van der Waals surface area contributed by atoms with Crippen LogP contribution in [0.2, 0.25) is 0 Å². The molecular formula is C4H11Na3O. The van der Waals surface area contributed by atoms with E-state index < -0.39 is 0 Å². The summed E-state index contributed by atoms with van der Waals surface area (Å²) < 4.78 is 0. The predicted molar refractivity (Wildman–Crippen MR) is 25.2 cm³/mol. The smallest absolute Gasteiger partial charge is 1.00 e. The summed E-state index contributed by atoms with van der Waals surface area (Å²) in [7, 11) is 0. The summed E-state index contributed by atoms with van der Waals surface area (Å²) in [6.07, 6.45) is 1.12. The molecule has 1 nitrogen and oxygen atoms in total.